The highest BCUT2D eigenvalue weighted by molar-refractivity contribution is 5.62. The first-order chi connectivity index (χ1) is 5.95. The molecule has 0 radical (unpaired) electrons. The van der Waals surface area contributed by atoms with Crippen molar-refractivity contribution in [3.8, 4) is 0 Å². The summed E-state index contributed by atoms with van der Waals surface area (Å²) in [4.78, 5) is 13.0. The van der Waals surface area contributed by atoms with E-state index in [0.717, 1.165) is 19.4 Å². The Kier molecular flexibility index (Phi) is 3.09. The van der Waals surface area contributed by atoms with Crippen LogP contribution in [0, 0.1) is 0 Å². The summed E-state index contributed by atoms with van der Waals surface area (Å²) < 4.78 is 5.60. The van der Waals surface area contributed by atoms with Gasteiger partial charge < -0.3 is 9.53 Å². The fourth-order valence-corrected chi connectivity index (χ4v) is 1.72. The fourth-order valence-electron chi connectivity index (χ4n) is 1.72. The molecule has 0 aromatic carbocycles. The summed E-state index contributed by atoms with van der Waals surface area (Å²) in [7, 11) is 0. The molecule has 0 saturated carbocycles. The van der Waals surface area contributed by atoms with Crippen molar-refractivity contribution in [1.82, 2.24) is 4.90 Å². The van der Waals surface area contributed by atoms with Crippen molar-refractivity contribution in [3.63, 3.8) is 0 Å². The topological polar surface area (TPSA) is 29.5 Å². The molecular formula is C10H19NO2. The van der Waals surface area contributed by atoms with Gasteiger partial charge in [0.25, 0.3) is 0 Å². The Labute approximate surface area is 80.1 Å². The van der Waals surface area contributed by atoms with E-state index < -0.39 is 0 Å². The van der Waals surface area contributed by atoms with E-state index in [4.69, 9.17) is 4.74 Å². The molecule has 0 aromatic rings. The number of rotatable bonds is 2. The van der Waals surface area contributed by atoms with Crippen molar-refractivity contribution in [2.75, 3.05) is 13.1 Å². The van der Waals surface area contributed by atoms with E-state index in [2.05, 4.69) is 4.90 Å². The number of morpholine rings is 1. The predicted molar refractivity (Wildman–Crippen MR) is 51.7 cm³/mol. The number of carbonyl (C=O) groups excluding carboxylic acids is 1. The van der Waals surface area contributed by atoms with E-state index in [0.29, 0.717) is 0 Å². The minimum Gasteiger partial charge on any atom is -0.373 e. The van der Waals surface area contributed by atoms with Gasteiger partial charge in [-0.05, 0) is 27.7 Å². The van der Waals surface area contributed by atoms with Crippen LogP contribution < -0.4 is 0 Å². The molecule has 0 N–H and O–H groups in total. The molecular weight excluding hydrogens is 166 g/mol. The summed E-state index contributed by atoms with van der Waals surface area (Å²) in [6.45, 7) is 9.68. The average molecular weight is 185 g/mol. The average Bonchev–Trinajstić information content (AvgIpc) is 2.02. The van der Waals surface area contributed by atoms with E-state index >= 15 is 0 Å². The van der Waals surface area contributed by atoms with Crippen LogP contribution in [0.1, 0.15) is 27.7 Å². The molecule has 1 fully saturated rings. The Balaban J connectivity index is 2.64. The molecule has 1 rings (SSSR count). The standard InChI is InChI=1S/C10H19NO2/c1-8-5-11(6-9(2)13-8)10(3,4)7-12/h7-9H,5-6H2,1-4H3/t8-,9-/m0/s1. The van der Waals surface area contributed by atoms with E-state index in [1.807, 2.05) is 27.7 Å². The highest BCUT2D eigenvalue weighted by Gasteiger charge is 2.32. The number of aldehydes is 1. The lowest BCUT2D eigenvalue weighted by molar-refractivity contribution is -0.128. The van der Waals surface area contributed by atoms with E-state index in [-0.39, 0.29) is 17.7 Å². The van der Waals surface area contributed by atoms with Crippen molar-refractivity contribution in [3.05, 3.63) is 0 Å². The maximum atomic E-state index is 10.9. The smallest absolute Gasteiger partial charge is 0.139 e. The van der Waals surface area contributed by atoms with Crippen LogP contribution in [0.3, 0.4) is 0 Å². The van der Waals surface area contributed by atoms with Crippen LogP contribution in [0.15, 0.2) is 0 Å². The third-order valence-corrected chi connectivity index (χ3v) is 2.52. The second kappa shape index (κ2) is 3.76. The first-order valence-corrected chi connectivity index (χ1v) is 4.82. The number of carbonyl (C=O) groups is 1. The zero-order valence-electron chi connectivity index (χ0n) is 8.91. The van der Waals surface area contributed by atoms with Crippen LogP contribution in [0.2, 0.25) is 0 Å². The normalized spacial score (nSPS) is 31.7. The van der Waals surface area contributed by atoms with Gasteiger partial charge in [-0.2, -0.15) is 0 Å². The van der Waals surface area contributed by atoms with Crippen LogP contribution in [0.25, 0.3) is 0 Å². The fraction of sp³-hybridized carbons (Fsp3) is 0.900. The SMILES string of the molecule is C[C@H]1CN(C(C)(C)C=O)C[C@H](C)O1. The zero-order chi connectivity index (χ0) is 10.1. The molecule has 0 aromatic heterocycles. The highest BCUT2D eigenvalue weighted by atomic mass is 16.5. The Morgan fingerprint density at radius 3 is 2.15 bits per heavy atom. The van der Waals surface area contributed by atoms with Gasteiger partial charge in [-0.25, -0.2) is 0 Å². The Hall–Kier alpha value is -0.410. The van der Waals surface area contributed by atoms with Gasteiger partial charge in [0, 0.05) is 13.1 Å². The molecule has 0 bridgehead atoms. The van der Waals surface area contributed by atoms with E-state index in [1.54, 1.807) is 0 Å². The lowest BCUT2D eigenvalue weighted by Crippen LogP contribution is -2.55. The summed E-state index contributed by atoms with van der Waals surface area (Å²) in [5.74, 6) is 0. The van der Waals surface area contributed by atoms with Gasteiger partial charge in [0.05, 0.1) is 17.7 Å². The molecule has 1 aliphatic heterocycles. The molecule has 0 unspecified atom stereocenters. The molecule has 76 valence electrons. The predicted octanol–water partition coefficient (Wildman–Crippen LogP) is 1.07. The monoisotopic (exact) mass is 185 g/mol. The van der Waals surface area contributed by atoms with Crippen LogP contribution in [-0.4, -0.2) is 42.0 Å². The van der Waals surface area contributed by atoms with Gasteiger partial charge in [0.1, 0.15) is 6.29 Å². The van der Waals surface area contributed by atoms with Crippen molar-refractivity contribution in [2.45, 2.75) is 45.4 Å². The molecule has 0 aliphatic carbocycles. The second-order valence-electron chi connectivity index (χ2n) is 4.43. The molecule has 3 heteroatoms. The van der Waals surface area contributed by atoms with E-state index in [9.17, 15) is 4.79 Å². The maximum Gasteiger partial charge on any atom is 0.139 e. The molecule has 3 nitrogen and oxygen atoms in total. The Morgan fingerprint density at radius 2 is 1.77 bits per heavy atom. The molecule has 0 amide bonds. The van der Waals surface area contributed by atoms with Crippen LogP contribution in [0.5, 0.6) is 0 Å². The van der Waals surface area contributed by atoms with Crippen LogP contribution in [0.4, 0.5) is 0 Å². The minimum atomic E-state index is -0.355. The second-order valence-corrected chi connectivity index (χ2v) is 4.43. The zero-order valence-corrected chi connectivity index (χ0v) is 8.91. The molecule has 0 spiro atoms. The number of nitrogens with zero attached hydrogens (tertiary/aromatic N) is 1. The third-order valence-electron chi connectivity index (χ3n) is 2.52. The quantitative estimate of drug-likeness (QED) is 0.603. The molecule has 1 heterocycles. The molecule has 2 atom stereocenters. The first kappa shape index (κ1) is 10.7. The maximum absolute atomic E-state index is 10.9. The highest BCUT2D eigenvalue weighted by Crippen LogP contribution is 2.19. The summed E-state index contributed by atoms with van der Waals surface area (Å²) >= 11 is 0. The molecule has 1 saturated heterocycles. The number of hydrogen-bond acceptors (Lipinski definition) is 3. The van der Waals surface area contributed by atoms with Gasteiger partial charge in [-0.3, -0.25) is 4.90 Å². The summed E-state index contributed by atoms with van der Waals surface area (Å²) in [6, 6.07) is 0. The first-order valence-electron chi connectivity index (χ1n) is 4.82. The summed E-state index contributed by atoms with van der Waals surface area (Å²) in [5, 5.41) is 0. The number of ether oxygens (including phenoxy) is 1. The van der Waals surface area contributed by atoms with E-state index in [1.165, 1.54) is 0 Å². The minimum absolute atomic E-state index is 0.225. The molecule has 13 heavy (non-hydrogen) atoms. The van der Waals surface area contributed by atoms with Gasteiger partial charge in [0.15, 0.2) is 0 Å². The van der Waals surface area contributed by atoms with Crippen molar-refractivity contribution in [1.29, 1.82) is 0 Å². The Morgan fingerprint density at radius 1 is 1.31 bits per heavy atom. The van der Waals surface area contributed by atoms with Gasteiger partial charge in [-0.15, -0.1) is 0 Å². The Bertz CT molecular complexity index is 181. The van der Waals surface area contributed by atoms with Crippen molar-refractivity contribution in [2.24, 2.45) is 0 Å². The summed E-state index contributed by atoms with van der Waals surface area (Å²) in [6.07, 6.45) is 1.46. The van der Waals surface area contributed by atoms with Gasteiger partial charge >= 0.3 is 0 Å². The lowest BCUT2D eigenvalue weighted by Gasteiger charge is -2.42. The summed E-state index contributed by atoms with van der Waals surface area (Å²) in [5.41, 5.74) is -0.355. The van der Waals surface area contributed by atoms with Crippen LogP contribution >= 0.6 is 0 Å². The van der Waals surface area contributed by atoms with Crippen molar-refractivity contribution < 1.29 is 9.53 Å². The van der Waals surface area contributed by atoms with Gasteiger partial charge in [0.2, 0.25) is 0 Å². The van der Waals surface area contributed by atoms with Gasteiger partial charge in [-0.1, -0.05) is 0 Å². The lowest BCUT2D eigenvalue weighted by atomic mass is 10.0. The number of hydrogen-bond donors (Lipinski definition) is 0. The third kappa shape index (κ3) is 2.51. The molecule has 1 aliphatic rings. The largest absolute Gasteiger partial charge is 0.373 e. The van der Waals surface area contributed by atoms with Crippen molar-refractivity contribution >= 4 is 6.29 Å². The van der Waals surface area contributed by atoms with Crippen LogP contribution in [-0.2, 0) is 9.53 Å².